The molecular weight excluding hydrogens is 1030 g/mol. The van der Waals surface area contributed by atoms with Crippen LogP contribution in [0.3, 0.4) is 0 Å². The maximum atomic E-state index is 2.55. The molecule has 0 radical (unpaired) electrons. The Bertz CT molecular complexity index is 3810. The van der Waals surface area contributed by atoms with Crippen molar-refractivity contribution < 1.29 is 0 Å². The molecule has 3 nitrogen and oxygen atoms in total. The monoisotopic (exact) mass is 1100 g/mol. The summed E-state index contributed by atoms with van der Waals surface area (Å²) in [7, 11) is 0. The molecule has 412 valence electrons. The van der Waals surface area contributed by atoms with Gasteiger partial charge in [-0.2, -0.15) is 0 Å². The van der Waals surface area contributed by atoms with E-state index in [0.717, 1.165) is 51.2 Å². The van der Waals surface area contributed by atoms with Gasteiger partial charge in [-0.15, -0.1) is 0 Å². The van der Waals surface area contributed by atoms with Crippen LogP contribution in [0.1, 0.15) is 76.0 Å². The molecule has 12 aromatic rings. The topological polar surface area (TPSA) is 9.72 Å². The van der Waals surface area contributed by atoms with Gasteiger partial charge in [0.1, 0.15) is 0 Å². The van der Waals surface area contributed by atoms with Crippen LogP contribution in [0.4, 0.5) is 51.2 Å². The third-order valence-corrected chi connectivity index (χ3v) is 17.1. The van der Waals surface area contributed by atoms with E-state index in [1.807, 2.05) is 0 Å². The molecule has 12 aromatic carbocycles. The van der Waals surface area contributed by atoms with Crippen LogP contribution in [0.5, 0.6) is 0 Å². The van der Waals surface area contributed by atoms with E-state index in [-0.39, 0.29) is 18.5 Å². The minimum absolute atomic E-state index is 0.0865. The second-order valence-corrected chi connectivity index (χ2v) is 23.5. The summed E-state index contributed by atoms with van der Waals surface area (Å²) in [6.45, 7) is 14.1. The van der Waals surface area contributed by atoms with Crippen molar-refractivity contribution in [2.45, 2.75) is 59.3 Å². The fraction of sp³-hybridized carbons (Fsp3) is 0.111. The fourth-order valence-electron chi connectivity index (χ4n) is 12.7. The summed E-state index contributed by atoms with van der Waals surface area (Å²) in [6, 6.07) is 110. The van der Waals surface area contributed by atoms with Crippen LogP contribution in [0.15, 0.2) is 297 Å². The summed E-state index contributed by atoms with van der Waals surface area (Å²) in [5, 5.41) is 0. The predicted molar refractivity (Wildman–Crippen MR) is 366 cm³/mol. The Kier molecular flexibility index (Phi) is 15.2. The van der Waals surface area contributed by atoms with Gasteiger partial charge in [-0.1, -0.05) is 259 Å². The number of nitrogens with zero attached hydrogens (tertiary/aromatic N) is 3. The lowest BCUT2D eigenvalue weighted by Crippen LogP contribution is -2.59. The number of anilines is 9. The lowest BCUT2D eigenvalue weighted by Gasteiger charge is -2.40. The van der Waals surface area contributed by atoms with Gasteiger partial charge < -0.3 is 14.7 Å². The zero-order chi connectivity index (χ0) is 58.0. The molecule has 0 unspecified atom stereocenters. The summed E-state index contributed by atoms with van der Waals surface area (Å²) >= 11 is 0. The number of hydrogen-bond donors (Lipinski definition) is 0. The summed E-state index contributed by atoms with van der Waals surface area (Å²) in [4.78, 5) is 7.42. The van der Waals surface area contributed by atoms with Crippen LogP contribution < -0.4 is 31.1 Å². The van der Waals surface area contributed by atoms with Crippen molar-refractivity contribution in [2.24, 2.45) is 0 Å². The molecule has 1 aliphatic heterocycles. The Labute approximate surface area is 503 Å². The first-order valence-corrected chi connectivity index (χ1v) is 30.2. The highest BCUT2D eigenvalue weighted by Crippen LogP contribution is 2.46. The van der Waals surface area contributed by atoms with Crippen molar-refractivity contribution in [3.8, 4) is 44.5 Å². The molecule has 0 aromatic heterocycles. The van der Waals surface area contributed by atoms with E-state index in [1.54, 1.807) is 0 Å². The van der Waals surface area contributed by atoms with Crippen LogP contribution >= 0.6 is 0 Å². The predicted octanol–water partition coefficient (Wildman–Crippen LogP) is 21.0. The van der Waals surface area contributed by atoms with Crippen LogP contribution in [0.25, 0.3) is 44.5 Å². The summed E-state index contributed by atoms with van der Waals surface area (Å²) in [6.07, 6.45) is 0. The van der Waals surface area contributed by atoms with Crippen molar-refractivity contribution in [1.29, 1.82) is 0 Å². The quantitative estimate of drug-likeness (QED) is 0.0948. The Hall–Kier alpha value is -9.90. The van der Waals surface area contributed by atoms with Gasteiger partial charge in [0.25, 0.3) is 0 Å². The lowest BCUT2D eigenvalue weighted by atomic mass is 9.33. The molecule has 0 N–H and O–H groups in total. The highest BCUT2D eigenvalue weighted by atomic mass is 15.2. The second-order valence-electron chi connectivity index (χ2n) is 23.5. The average Bonchev–Trinajstić information content (AvgIpc) is 1.27. The van der Waals surface area contributed by atoms with E-state index in [9.17, 15) is 0 Å². The Morgan fingerprint density at radius 1 is 0.271 bits per heavy atom. The Morgan fingerprint density at radius 3 is 0.824 bits per heavy atom. The van der Waals surface area contributed by atoms with Gasteiger partial charge in [0.05, 0.1) is 0 Å². The van der Waals surface area contributed by atoms with Crippen LogP contribution in [0.2, 0.25) is 0 Å². The molecule has 85 heavy (non-hydrogen) atoms. The first kappa shape index (κ1) is 54.4. The van der Waals surface area contributed by atoms with Crippen molar-refractivity contribution in [1.82, 2.24) is 0 Å². The Morgan fingerprint density at radius 2 is 0.541 bits per heavy atom. The van der Waals surface area contributed by atoms with Gasteiger partial charge in [0, 0.05) is 51.2 Å². The number of hydrogen-bond acceptors (Lipinski definition) is 3. The van der Waals surface area contributed by atoms with Crippen molar-refractivity contribution in [2.75, 3.05) is 14.7 Å². The average molecular weight is 1100 g/mol. The molecular formula is C81H70BN3. The first-order valence-electron chi connectivity index (χ1n) is 30.2. The van der Waals surface area contributed by atoms with E-state index in [1.165, 1.54) is 77.6 Å². The molecule has 13 rings (SSSR count). The zero-order valence-electron chi connectivity index (χ0n) is 49.4. The standard InChI is InChI=1S/C81H70BN3/c1-56(2)67-52-75(57(3)4)81(76(53-67)58(5)6)82-77-50-48-73(83(69-40-32-63(33-41-69)59-22-12-7-13-23-59)70-42-34-64(35-43-70)60-24-14-8-15-25-60)54-79(77)85(68-30-20-11-21-31-68)80-55-74(49-51-78(80)82)84(71-44-36-65(37-45-71)61-26-16-9-17-27-61)72-46-38-66(39-47-72)62-28-18-10-19-29-62/h7-58H,1-6H3. The SMILES string of the molecule is CC(C)c1cc(C(C)C)c(B2c3ccc(N(c4ccc(-c5ccccc5)cc4)c4ccc(-c5ccccc5)cc4)cc3N(c3ccccc3)c3cc(N(c4ccc(-c5ccccc5)cc4)c4ccc(-c5ccccc5)cc4)ccc32)c(C(C)C)c1. The zero-order valence-corrected chi connectivity index (χ0v) is 49.4. The molecule has 0 spiro atoms. The molecule has 0 aliphatic carbocycles. The van der Waals surface area contributed by atoms with Crippen molar-refractivity contribution in [3.05, 3.63) is 314 Å². The van der Waals surface area contributed by atoms with Gasteiger partial charge in [-0.3, -0.25) is 0 Å². The minimum Gasteiger partial charge on any atom is -0.311 e. The van der Waals surface area contributed by atoms with Crippen LogP contribution in [0, 0.1) is 0 Å². The smallest absolute Gasteiger partial charge is 0.247 e. The number of para-hydroxylation sites is 1. The minimum atomic E-state index is -0.0865. The normalized spacial score (nSPS) is 11.9. The molecule has 0 fully saturated rings. The number of benzene rings is 12. The molecule has 1 heterocycles. The highest BCUT2D eigenvalue weighted by Gasteiger charge is 2.40. The molecule has 0 atom stereocenters. The van der Waals surface area contributed by atoms with E-state index < -0.39 is 0 Å². The summed E-state index contributed by atoms with van der Waals surface area (Å²) < 4.78 is 0. The van der Waals surface area contributed by atoms with E-state index >= 15 is 0 Å². The molecule has 0 saturated carbocycles. The van der Waals surface area contributed by atoms with Crippen LogP contribution in [-0.2, 0) is 0 Å². The fourth-order valence-corrected chi connectivity index (χ4v) is 12.7. The highest BCUT2D eigenvalue weighted by molar-refractivity contribution is 6.98. The maximum Gasteiger partial charge on any atom is 0.247 e. The molecule has 4 heteroatoms. The van der Waals surface area contributed by atoms with Gasteiger partial charge >= 0.3 is 0 Å². The summed E-state index contributed by atoms with van der Waals surface area (Å²) in [5.74, 6) is 0.952. The van der Waals surface area contributed by atoms with Gasteiger partial charge in [0.15, 0.2) is 0 Å². The maximum absolute atomic E-state index is 2.55. The third-order valence-electron chi connectivity index (χ3n) is 17.1. The second kappa shape index (κ2) is 23.8. The number of rotatable bonds is 15. The molecule has 1 aliphatic rings. The Balaban J connectivity index is 1.05. The molecule has 0 bridgehead atoms. The van der Waals surface area contributed by atoms with E-state index in [4.69, 9.17) is 0 Å². The molecule has 0 saturated heterocycles. The van der Waals surface area contributed by atoms with Crippen molar-refractivity contribution >= 4 is 74.3 Å². The van der Waals surface area contributed by atoms with Gasteiger partial charge in [0.2, 0.25) is 6.71 Å². The van der Waals surface area contributed by atoms with E-state index in [2.05, 4.69) is 353 Å². The molecule has 0 amide bonds. The summed E-state index contributed by atoms with van der Waals surface area (Å²) in [5.41, 5.74) is 27.5. The van der Waals surface area contributed by atoms with E-state index in [0.29, 0.717) is 5.92 Å². The number of fused-ring (bicyclic) bond motifs is 2. The van der Waals surface area contributed by atoms with Gasteiger partial charge in [-0.25, -0.2) is 0 Å². The van der Waals surface area contributed by atoms with Gasteiger partial charge in [-0.05, 0) is 175 Å². The first-order chi connectivity index (χ1) is 41.6. The van der Waals surface area contributed by atoms with Crippen LogP contribution in [-0.4, -0.2) is 6.71 Å². The third kappa shape index (κ3) is 10.9. The lowest BCUT2D eigenvalue weighted by molar-refractivity contribution is 0.812. The largest absolute Gasteiger partial charge is 0.311 e. The van der Waals surface area contributed by atoms with Crippen molar-refractivity contribution in [3.63, 3.8) is 0 Å².